The van der Waals surface area contributed by atoms with E-state index in [0.29, 0.717) is 11.3 Å². The molecule has 0 aliphatic carbocycles. The third-order valence-electron chi connectivity index (χ3n) is 4.54. The molecule has 2 aromatic carbocycles. The standard InChI is InChI=1S/C21H22N2O3S2/c1-14-6-7-18(13-15(14)2)16(3)22-21(24)17-8-10-19(11-9-17)23-28(25,26)20-5-4-12-27-20/h4-13,16,23H,1-3H3,(H,22,24). The molecule has 146 valence electrons. The molecule has 28 heavy (non-hydrogen) atoms. The molecule has 1 heterocycles. The maximum atomic E-state index is 12.5. The number of hydrogen-bond donors (Lipinski definition) is 2. The molecule has 2 N–H and O–H groups in total. The Labute approximate surface area is 169 Å². The smallest absolute Gasteiger partial charge is 0.271 e. The van der Waals surface area contributed by atoms with Crippen LogP contribution in [-0.4, -0.2) is 14.3 Å². The molecule has 0 fully saturated rings. The van der Waals surface area contributed by atoms with Crippen molar-refractivity contribution in [2.45, 2.75) is 31.0 Å². The molecule has 5 nitrogen and oxygen atoms in total. The maximum absolute atomic E-state index is 12.5. The van der Waals surface area contributed by atoms with Gasteiger partial charge in [-0.25, -0.2) is 8.42 Å². The van der Waals surface area contributed by atoms with E-state index in [-0.39, 0.29) is 16.2 Å². The van der Waals surface area contributed by atoms with Crippen molar-refractivity contribution in [2.24, 2.45) is 0 Å². The third-order valence-corrected chi connectivity index (χ3v) is 7.32. The van der Waals surface area contributed by atoms with Gasteiger partial charge in [0.2, 0.25) is 0 Å². The average molecular weight is 415 g/mol. The minimum absolute atomic E-state index is 0.135. The highest BCUT2D eigenvalue weighted by Crippen LogP contribution is 2.21. The van der Waals surface area contributed by atoms with Crippen molar-refractivity contribution in [3.8, 4) is 0 Å². The Morgan fingerprint density at radius 2 is 1.71 bits per heavy atom. The molecule has 1 amide bonds. The number of hydrogen-bond acceptors (Lipinski definition) is 4. The molecule has 0 saturated heterocycles. The number of amides is 1. The van der Waals surface area contributed by atoms with Crippen molar-refractivity contribution in [3.05, 3.63) is 82.2 Å². The molecular formula is C21H22N2O3S2. The normalized spacial score (nSPS) is 12.4. The average Bonchev–Trinajstić information content (AvgIpc) is 3.20. The van der Waals surface area contributed by atoms with Crippen LogP contribution in [0.1, 0.15) is 40.0 Å². The van der Waals surface area contributed by atoms with E-state index in [0.717, 1.165) is 16.9 Å². The van der Waals surface area contributed by atoms with Crippen molar-refractivity contribution >= 4 is 33.0 Å². The lowest BCUT2D eigenvalue weighted by atomic mass is 10.0. The number of aryl methyl sites for hydroxylation is 2. The Bertz CT molecular complexity index is 1070. The molecular weight excluding hydrogens is 392 g/mol. The Morgan fingerprint density at radius 3 is 2.32 bits per heavy atom. The van der Waals surface area contributed by atoms with E-state index in [9.17, 15) is 13.2 Å². The summed E-state index contributed by atoms with van der Waals surface area (Å²) in [5, 5.41) is 4.68. The van der Waals surface area contributed by atoms with Crippen molar-refractivity contribution in [1.29, 1.82) is 0 Å². The summed E-state index contributed by atoms with van der Waals surface area (Å²) in [6.07, 6.45) is 0. The predicted octanol–water partition coefficient (Wildman–Crippen LogP) is 4.66. The van der Waals surface area contributed by atoms with Crippen molar-refractivity contribution in [2.75, 3.05) is 4.72 Å². The Hall–Kier alpha value is -2.64. The molecule has 0 radical (unpaired) electrons. The molecule has 3 rings (SSSR count). The molecule has 0 aliphatic rings. The lowest BCUT2D eigenvalue weighted by molar-refractivity contribution is 0.0940. The number of anilines is 1. The fourth-order valence-electron chi connectivity index (χ4n) is 2.71. The van der Waals surface area contributed by atoms with Crippen LogP contribution in [0, 0.1) is 13.8 Å². The summed E-state index contributed by atoms with van der Waals surface area (Å²) in [7, 11) is -3.60. The van der Waals surface area contributed by atoms with E-state index in [1.165, 1.54) is 11.1 Å². The molecule has 1 atom stereocenters. The van der Waals surface area contributed by atoms with E-state index >= 15 is 0 Å². The van der Waals surface area contributed by atoms with Crippen LogP contribution in [0.25, 0.3) is 0 Å². The molecule has 3 aromatic rings. The minimum atomic E-state index is -3.60. The van der Waals surface area contributed by atoms with Crippen molar-refractivity contribution in [1.82, 2.24) is 5.32 Å². The predicted molar refractivity (Wildman–Crippen MR) is 113 cm³/mol. The second kappa shape index (κ2) is 8.16. The molecule has 0 saturated carbocycles. The van der Waals surface area contributed by atoms with Gasteiger partial charge in [0.25, 0.3) is 15.9 Å². The Kier molecular flexibility index (Phi) is 5.86. The van der Waals surface area contributed by atoms with Crippen molar-refractivity contribution in [3.63, 3.8) is 0 Å². The Morgan fingerprint density at radius 1 is 1.00 bits per heavy atom. The summed E-state index contributed by atoms with van der Waals surface area (Å²) in [4.78, 5) is 12.5. The van der Waals surface area contributed by atoms with Gasteiger partial charge in [0.1, 0.15) is 4.21 Å². The number of nitrogens with one attached hydrogen (secondary N) is 2. The lowest BCUT2D eigenvalue weighted by Crippen LogP contribution is -2.26. The molecule has 0 aliphatic heterocycles. The lowest BCUT2D eigenvalue weighted by Gasteiger charge is -2.16. The molecule has 7 heteroatoms. The second-order valence-electron chi connectivity index (χ2n) is 6.65. The van der Waals surface area contributed by atoms with Crippen LogP contribution in [0.2, 0.25) is 0 Å². The van der Waals surface area contributed by atoms with E-state index in [1.54, 1.807) is 41.8 Å². The van der Waals surface area contributed by atoms with Crippen LogP contribution < -0.4 is 10.0 Å². The van der Waals surface area contributed by atoms with Gasteiger partial charge in [-0.05, 0) is 73.2 Å². The zero-order chi connectivity index (χ0) is 20.3. The minimum Gasteiger partial charge on any atom is -0.346 e. The summed E-state index contributed by atoms with van der Waals surface area (Å²) < 4.78 is 27.3. The molecule has 1 unspecified atom stereocenters. The fourth-order valence-corrected chi connectivity index (χ4v) is 4.76. The van der Waals surface area contributed by atoms with Gasteiger partial charge in [-0.2, -0.15) is 0 Å². The molecule has 0 bridgehead atoms. The monoisotopic (exact) mass is 414 g/mol. The van der Waals surface area contributed by atoms with Gasteiger partial charge in [-0.1, -0.05) is 24.3 Å². The number of thiophene rings is 1. The van der Waals surface area contributed by atoms with Crippen LogP contribution >= 0.6 is 11.3 Å². The molecule has 0 spiro atoms. The number of carbonyl (C=O) groups is 1. The first-order valence-electron chi connectivity index (χ1n) is 8.80. The summed E-state index contributed by atoms with van der Waals surface area (Å²) in [5.74, 6) is -0.210. The number of benzene rings is 2. The van der Waals surface area contributed by atoms with Crippen LogP contribution in [0.4, 0.5) is 5.69 Å². The van der Waals surface area contributed by atoms with Crippen LogP contribution in [0.5, 0.6) is 0 Å². The third kappa shape index (κ3) is 4.61. The maximum Gasteiger partial charge on any atom is 0.271 e. The zero-order valence-corrected chi connectivity index (χ0v) is 17.5. The van der Waals surface area contributed by atoms with Gasteiger partial charge >= 0.3 is 0 Å². The van der Waals surface area contributed by atoms with Gasteiger partial charge in [-0.3, -0.25) is 9.52 Å². The number of rotatable bonds is 6. The van der Waals surface area contributed by atoms with Gasteiger partial charge < -0.3 is 5.32 Å². The van der Waals surface area contributed by atoms with Gasteiger partial charge in [0, 0.05) is 11.3 Å². The summed E-state index contributed by atoms with van der Waals surface area (Å²) in [5.41, 5.74) is 4.31. The first-order chi connectivity index (χ1) is 13.3. The number of carbonyl (C=O) groups excluding carboxylic acids is 1. The van der Waals surface area contributed by atoms with Gasteiger partial charge in [0.05, 0.1) is 6.04 Å². The van der Waals surface area contributed by atoms with E-state index in [4.69, 9.17) is 0 Å². The largest absolute Gasteiger partial charge is 0.346 e. The quantitative estimate of drug-likeness (QED) is 0.616. The topological polar surface area (TPSA) is 75.3 Å². The highest BCUT2D eigenvalue weighted by molar-refractivity contribution is 7.94. The highest BCUT2D eigenvalue weighted by atomic mass is 32.2. The fraction of sp³-hybridized carbons (Fsp3) is 0.190. The summed E-state index contributed by atoms with van der Waals surface area (Å²) >= 11 is 1.15. The first-order valence-corrected chi connectivity index (χ1v) is 11.2. The van der Waals surface area contributed by atoms with E-state index < -0.39 is 10.0 Å². The van der Waals surface area contributed by atoms with Crippen LogP contribution in [0.15, 0.2) is 64.2 Å². The second-order valence-corrected chi connectivity index (χ2v) is 9.51. The van der Waals surface area contributed by atoms with E-state index in [1.807, 2.05) is 26.0 Å². The van der Waals surface area contributed by atoms with Gasteiger partial charge in [-0.15, -0.1) is 11.3 Å². The number of sulfonamides is 1. The summed E-state index contributed by atoms with van der Waals surface area (Å²) in [6, 6.07) is 15.6. The highest BCUT2D eigenvalue weighted by Gasteiger charge is 2.16. The van der Waals surface area contributed by atoms with Gasteiger partial charge in [0.15, 0.2) is 0 Å². The van der Waals surface area contributed by atoms with Crippen molar-refractivity contribution < 1.29 is 13.2 Å². The SMILES string of the molecule is Cc1ccc(C(C)NC(=O)c2ccc(NS(=O)(=O)c3cccs3)cc2)cc1C. The molecule has 1 aromatic heterocycles. The Balaban J connectivity index is 1.67. The van der Waals surface area contributed by atoms with Crippen LogP contribution in [-0.2, 0) is 10.0 Å². The summed E-state index contributed by atoms with van der Waals surface area (Å²) in [6.45, 7) is 6.03. The zero-order valence-electron chi connectivity index (χ0n) is 15.9. The van der Waals surface area contributed by atoms with Crippen LogP contribution in [0.3, 0.4) is 0 Å². The first kappa shape index (κ1) is 20.1. The van der Waals surface area contributed by atoms with E-state index in [2.05, 4.69) is 23.0 Å².